The first-order chi connectivity index (χ1) is 8.01. The lowest BCUT2D eigenvalue weighted by molar-refractivity contribution is -0.137. The molecule has 17 heavy (non-hydrogen) atoms. The summed E-state index contributed by atoms with van der Waals surface area (Å²) in [6.07, 6.45) is 2.62. The Balaban J connectivity index is 2.74. The van der Waals surface area contributed by atoms with Gasteiger partial charge in [-0.2, -0.15) is 0 Å². The number of nitrogens with two attached hydrogens (primary N) is 1. The van der Waals surface area contributed by atoms with Crippen molar-refractivity contribution in [2.45, 2.75) is 46.1 Å². The minimum Gasteiger partial charge on any atom is -0.409 e. The second-order valence-electron chi connectivity index (χ2n) is 5.00. The van der Waals surface area contributed by atoms with Gasteiger partial charge in [0, 0.05) is 12.6 Å². The zero-order valence-electron chi connectivity index (χ0n) is 10.9. The van der Waals surface area contributed by atoms with Crippen LogP contribution < -0.4 is 5.73 Å². The van der Waals surface area contributed by atoms with Gasteiger partial charge in [0.25, 0.3) is 0 Å². The number of piperidine rings is 1. The second kappa shape index (κ2) is 5.89. The Labute approximate surface area is 103 Å². The maximum Gasteiger partial charge on any atom is 0.233 e. The number of amides is 1. The molecule has 1 amide bonds. The molecule has 0 bridgehead atoms. The van der Waals surface area contributed by atoms with E-state index in [0.717, 1.165) is 19.4 Å². The SMILES string of the molecule is CCC(C(=O)N1CCC(C)CC1C)C(N)=NO. The van der Waals surface area contributed by atoms with Crippen LogP contribution in [-0.2, 0) is 4.79 Å². The Kier molecular flexibility index (Phi) is 4.78. The van der Waals surface area contributed by atoms with E-state index in [-0.39, 0.29) is 17.8 Å². The van der Waals surface area contributed by atoms with Crippen molar-refractivity contribution < 1.29 is 10.0 Å². The largest absolute Gasteiger partial charge is 0.409 e. The Morgan fingerprint density at radius 1 is 1.59 bits per heavy atom. The summed E-state index contributed by atoms with van der Waals surface area (Å²) in [5.41, 5.74) is 5.56. The van der Waals surface area contributed by atoms with Gasteiger partial charge in [-0.15, -0.1) is 0 Å². The van der Waals surface area contributed by atoms with Gasteiger partial charge >= 0.3 is 0 Å². The first-order valence-electron chi connectivity index (χ1n) is 6.29. The lowest BCUT2D eigenvalue weighted by Crippen LogP contribution is -2.49. The van der Waals surface area contributed by atoms with Crippen molar-refractivity contribution in [2.24, 2.45) is 22.7 Å². The summed E-state index contributed by atoms with van der Waals surface area (Å²) in [7, 11) is 0. The molecule has 1 heterocycles. The molecular formula is C12H23N3O2. The van der Waals surface area contributed by atoms with Gasteiger partial charge in [0.1, 0.15) is 0 Å². The fourth-order valence-corrected chi connectivity index (χ4v) is 2.51. The number of carbonyl (C=O) groups is 1. The number of nitrogens with zero attached hydrogens (tertiary/aromatic N) is 2. The van der Waals surface area contributed by atoms with Gasteiger partial charge in [-0.25, -0.2) is 0 Å². The third kappa shape index (κ3) is 3.11. The molecule has 1 fully saturated rings. The average Bonchev–Trinajstić information content (AvgIpc) is 2.29. The summed E-state index contributed by atoms with van der Waals surface area (Å²) in [4.78, 5) is 14.2. The van der Waals surface area contributed by atoms with Crippen LogP contribution in [-0.4, -0.2) is 34.4 Å². The number of oxime groups is 1. The van der Waals surface area contributed by atoms with Gasteiger partial charge in [-0.05, 0) is 32.1 Å². The fourth-order valence-electron chi connectivity index (χ4n) is 2.51. The molecule has 0 saturated carbocycles. The van der Waals surface area contributed by atoms with E-state index in [1.807, 2.05) is 11.8 Å². The van der Waals surface area contributed by atoms with E-state index in [2.05, 4.69) is 19.0 Å². The molecule has 0 radical (unpaired) electrons. The van der Waals surface area contributed by atoms with Crippen LogP contribution in [0, 0.1) is 11.8 Å². The standard InChI is InChI=1S/C12H23N3O2/c1-4-10(11(13)14-17)12(16)15-6-5-8(2)7-9(15)3/h8-10,17H,4-7H2,1-3H3,(H2,13,14). The zero-order valence-corrected chi connectivity index (χ0v) is 10.9. The van der Waals surface area contributed by atoms with E-state index in [4.69, 9.17) is 10.9 Å². The topological polar surface area (TPSA) is 78.9 Å². The van der Waals surface area contributed by atoms with Crippen LogP contribution in [0.25, 0.3) is 0 Å². The summed E-state index contributed by atoms with van der Waals surface area (Å²) in [5, 5.41) is 11.6. The van der Waals surface area contributed by atoms with Crippen molar-refractivity contribution in [3.05, 3.63) is 0 Å². The molecule has 3 unspecified atom stereocenters. The molecule has 0 aliphatic carbocycles. The van der Waals surface area contributed by atoms with E-state index in [1.54, 1.807) is 0 Å². The summed E-state index contributed by atoms with van der Waals surface area (Å²) < 4.78 is 0. The van der Waals surface area contributed by atoms with Crippen LogP contribution >= 0.6 is 0 Å². The molecule has 0 spiro atoms. The molecule has 3 atom stereocenters. The lowest BCUT2D eigenvalue weighted by atomic mass is 9.91. The van der Waals surface area contributed by atoms with E-state index < -0.39 is 5.92 Å². The molecule has 1 saturated heterocycles. The van der Waals surface area contributed by atoms with E-state index in [9.17, 15) is 4.79 Å². The third-order valence-corrected chi connectivity index (χ3v) is 3.60. The van der Waals surface area contributed by atoms with Gasteiger partial charge in [-0.1, -0.05) is 19.0 Å². The first kappa shape index (κ1) is 13.8. The van der Waals surface area contributed by atoms with Crippen LogP contribution in [0.2, 0.25) is 0 Å². The van der Waals surface area contributed by atoms with Crippen molar-refractivity contribution >= 4 is 11.7 Å². The smallest absolute Gasteiger partial charge is 0.233 e. The molecule has 0 aromatic carbocycles. The predicted octanol–water partition coefficient (Wildman–Crippen LogP) is 1.41. The maximum absolute atomic E-state index is 12.3. The van der Waals surface area contributed by atoms with Gasteiger partial charge in [0.15, 0.2) is 5.84 Å². The van der Waals surface area contributed by atoms with Crippen molar-refractivity contribution in [3.8, 4) is 0 Å². The number of likely N-dealkylation sites (tertiary alicyclic amines) is 1. The normalized spacial score (nSPS) is 27.9. The van der Waals surface area contributed by atoms with Crippen LogP contribution in [0.3, 0.4) is 0 Å². The van der Waals surface area contributed by atoms with Gasteiger partial charge in [0.2, 0.25) is 5.91 Å². The quantitative estimate of drug-likeness (QED) is 0.339. The Hall–Kier alpha value is -1.26. The van der Waals surface area contributed by atoms with Crippen LogP contribution in [0.5, 0.6) is 0 Å². The minimum atomic E-state index is -0.490. The maximum atomic E-state index is 12.3. The molecule has 3 N–H and O–H groups in total. The monoisotopic (exact) mass is 241 g/mol. The van der Waals surface area contributed by atoms with Gasteiger partial charge in [-0.3, -0.25) is 4.79 Å². The Morgan fingerprint density at radius 3 is 2.71 bits per heavy atom. The fraction of sp³-hybridized carbons (Fsp3) is 0.833. The van der Waals surface area contributed by atoms with Crippen molar-refractivity contribution in [3.63, 3.8) is 0 Å². The summed E-state index contributed by atoms with van der Waals surface area (Å²) in [6.45, 7) is 6.92. The van der Waals surface area contributed by atoms with Crippen molar-refractivity contribution in [2.75, 3.05) is 6.54 Å². The summed E-state index contributed by atoms with van der Waals surface area (Å²) in [5.74, 6) is 0.180. The predicted molar refractivity (Wildman–Crippen MR) is 66.8 cm³/mol. The molecule has 1 rings (SSSR count). The molecule has 0 aromatic heterocycles. The molecule has 1 aliphatic rings. The lowest BCUT2D eigenvalue weighted by Gasteiger charge is -2.38. The highest BCUT2D eigenvalue weighted by Crippen LogP contribution is 2.24. The number of hydrogen-bond acceptors (Lipinski definition) is 3. The van der Waals surface area contributed by atoms with Gasteiger partial charge in [0.05, 0.1) is 5.92 Å². The highest BCUT2D eigenvalue weighted by Gasteiger charge is 2.32. The van der Waals surface area contributed by atoms with Gasteiger partial charge < -0.3 is 15.8 Å². The second-order valence-corrected chi connectivity index (χ2v) is 5.00. The van der Waals surface area contributed by atoms with Crippen molar-refractivity contribution in [1.82, 2.24) is 4.90 Å². The minimum absolute atomic E-state index is 0.0119. The number of rotatable bonds is 3. The number of hydrogen-bond donors (Lipinski definition) is 2. The van der Waals surface area contributed by atoms with E-state index in [1.165, 1.54) is 0 Å². The van der Waals surface area contributed by atoms with Crippen LogP contribution in [0.4, 0.5) is 0 Å². The molecule has 5 heteroatoms. The number of carbonyl (C=O) groups excluding carboxylic acids is 1. The Bertz CT molecular complexity index is 304. The average molecular weight is 241 g/mol. The molecule has 0 aromatic rings. The molecule has 98 valence electrons. The number of amidine groups is 1. The molecule has 1 aliphatic heterocycles. The highest BCUT2D eigenvalue weighted by atomic mass is 16.4. The zero-order chi connectivity index (χ0) is 13.0. The van der Waals surface area contributed by atoms with E-state index in [0.29, 0.717) is 12.3 Å². The van der Waals surface area contributed by atoms with E-state index >= 15 is 0 Å². The molecule has 5 nitrogen and oxygen atoms in total. The highest BCUT2D eigenvalue weighted by molar-refractivity contribution is 6.02. The van der Waals surface area contributed by atoms with Crippen LogP contribution in [0.1, 0.15) is 40.0 Å². The Morgan fingerprint density at radius 2 is 2.24 bits per heavy atom. The third-order valence-electron chi connectivity index (χ3n) is 3.60. The first-order valence-corrected chi connectivity index (χ1v) is 6.29. The summed E-state index contributed by atoms with van der Waals surface area (Å²) >= 11 is 0. The molecular weight excluding hydrogens is 218 g/mol. The van der Waals surface area contributed by atoms with Crippen LogP contribution in [0.15, 0.2) is 5.16 Å². The summed E-state index contributed by atoms with van der Waals surface area (Å²) in [6, 6.07) is 0.242. The van der Waals surface area contributed by atoms with Crippen molar-refractivity contribution in [1.29, 1.82) is 0 Å².